The molecule has 2 aromatic rings. The number of carbonyl (C=O) groups excluding carboxylic acids is 1. The summed E-state index contributed by atoms with van der Waals surface area (Å²) in [5.41, 5.74) is 8.33. The van der Waals surface area contributed by atoms with Gasteiger partial charge in [-0.1, -0.05) is 17.8 Å². The van der Waals surface area contributed by atoms with E-state index < -0.39 is 0 Å². The molecule has 25 heavy (non-hydrogen) atoms. The molecule has 2 aliphatic heterocycles. The second kappa shape index (κ2) is 6.90. The zero-order valence-corrected chi connectivity index (χ0v) is 15.3. The number of aromatic nitrogens is 1. The summed E-state index contributed by atoms with van der Waals surface area (Å²) in [6.07, 6.45) is 3.78. The summed E-state index contributed by atoms with van der Waals surface area (Å²) < 4.78 is 6.63. The number of rotatable bonds is 3. The Bertz CT molecular complexity index is 785. The summed E-state index contributed by atoms with van der Waals surface area (Å²) in [5.74, 6) is -0.0468. The number of amides is 1. The number of benzene rings is 1. The maximum absolute atomic E-state index is 12.8. The molecule has 2 atom stereocenters. The van der Waals surface area contributed by atoms with E-state index in [0.29, 0.717) is 23.9 Å². The van der Waals surface area contributed by atoms with Gasteiger partial charge < -0.3 is 15.8 Å². The van der Waals surface area contributed by atoms with Gasteiger partial charge in [0.1, 0.15) is 0 Å². The number of nitrogens with one attached hydrogen (secondary N) is 1. The van der Waals surface area contributed by atoms with Gasteiger partial charge in [-0.3, -0.25) is 9.69 Å². The van der Waals surface area contributed by atoms with Crippen LogP contribution in [0.5, 0.6) is 0 Å². The minimum atomic E-state index is -0.0468. The molecule has 0 bridgehead atoms. The maximum atomic E-state index is 12.8. The third kappa shape index (κ3) is 3.36. The summed E-state index contributed by atoms with van der Waals surface area (Å²) in [5, 5.41) is 3.72. The van der Waals surface area contributed by atoms with Crippen LogP contribution in [0.1, 0.15) is 35.2 Å². The van der Waals surface area contributed by atoms with E-state index in [4.69, 9.17) is 10.5 Å². The van der Waals surface area contributed by atoms with Crippen molar-refractivity contribution in [1.29, 1.82) is 0 Å². The molecule has 6 nitrogen and oxygen atoms in total. The minimum absolute atomic E-state index is 0.0468. The number of nitrogen functional groups attached to an aromatic ring is 1. The first-order valence-electron chi connectivity index (χ1n) is 8.91. The van der Waals surface area contributed by atoms with Gasteiger partial charge in [-0.25, -0.2) is 4.98 Å². The fraction of sp³-hybridized carbons (Fsp3) is 0.556. The standard InChI is InChI=1S/C18H24N4O2S/c1-11-7-12(8-15-16(11)21-18(19)25-15)17(23)20-13-9-24-10-14(13)22-5-3-2-4-6-22/h7-8,13-14H,2-6,9-10H2,1H3,(H2,19,21)(H,20,23)/t13-,14-/m1/s1. The minimum Gasteiger partial charge on any atom is -0.378 e. The Morgan fingerprint density at radius 3 is 2.92 bits per heavy atom. The van der Waals surface area contributed by atoms with Gasteiger partial charge in [0, 0.05) is 5.56 Å². The SMILES string of the molecule is Cc1cc(C(=O)N[C@@H]2COC[C@H]2N2CCCCC2)cc2sc(N)nc12. The molecule has 0 spiro atoms. The Hall–Kier alpha value is -1.70. The zero-order chi connectivity index (χ0) is 17.4. The van der Waals surface area contributed by atoms with E-state index in [1.807, 2.05) is 19.1 Å². The lowest BCUT2D eigenvalue weighted by molar-refractivity contribution is 0.0900. The fourth-order valence-corrected chi connectivity index (χ4v) is 4.74. The number of nitrogens with two attached hydrogens (primary N) is 1. The van der Waals surface area contributed by atoms with Crippen molar-refractivity contribution < 1.29 is 9.53 Å². The van der Waals surface area contributed by atoms with Gasteiger partial charge in [0.25, 0.3) is 5.91 Å². The van der Waals surface area contributed by atoms with Gasteiger partial charge in [-0.2, -0.15) is 0 Å². The molecule has 0 saturated carbocycles. The number of ether oxygens (including phenoxy) is 1. The molecule has 0 aliphatic carbocycles. The van der Waals surface area contributed by atoms with Crippen molar-refractivity contribution >= 4 is 32.6 Å². The number of fused-ring (bicyclic) bond motifs is 1. The first-order chi connectivity index (χ1) is 12.1. The number of aryl methyl sites for hydroxylation is 1. The molecule has 134 valence electrons. The highest BCUT2D eigenvalue weighted by Crippen LogP contribution is 2.28. The first kappa shape index (κ1) is 16.8. The number of anilines is 1. The van der Waals surface area contributed by atoms with Crippen LogP contribution in [0.2, 0.25) is 0 Å². The van der Waals surface area contributed by atoms with Crippen LogP contribution in [-0.2, 0) is 4.74 Å². The molecule has 2 fully saturated rings. The Morgan fingerprint density at radius 2 is 2.12 bits per heavy atom. The second-order valence-electron chi connectivity index (χ2n) is 6.97. The van der Waals surface area contributed by atoms with Crippen molar-refractivity contribution in [3.8, 4) is 0 Å². The smallest absolute Gasteiger partial charge is 0.251 e. The third-order valence-electron chi connectivity index (χ3n) is 5.19. The summed E-state index contributed by atoms with van der Waals surface area (Å²) in [6.45, 7) is 5.46. The molecule has 3 N–H and O–H groups in total. The number of hydrogen-bond donors (Lipinski definition) is 2. The van der Waals surface area contributed by atoms with Crippen LogP contribution < -0.4 is 11.1 Å². The average molecular weight is 360 g/mol. The number of carbonyl (C=O) groups is 1. The predicted octanol–water partition coefficient (Wildman–Crippen LogP) is 2.17. The lowest BCUT2D eigenvalue weighted by atomic mass is 10.0. The topological polar surface area (TPSA) is 80.5 Å². The van der Waals surface area contributed by atoms with E-state index in [1.54, 1.807) is 0 Å². The van der Waals surface area contributed by atoms with Crippen molar-refractivity contribution in [2.45, 2.75) is 38.3 Å². The predicted molar refractivity (Wildman–Crippen MR) is 100 cm³/mol. The van der Waals surface area contributed by atoms with Gasteiger partial charge in [-0.15, -0.1) is 0 Å². The molecule has 2 aliphatic rings. The molecule has 4 rings (SSSR count). The number of hydrogen-bond acceptors (Lipinski definition) is 6. The van der Waals surface area contributed by atoms with Gasteiger partial charge in [0.05, 0.1) is 35.5 Å². The summed E-state index contributed by atoms with van der Waals surface area (Å²) in [6, 6.07) is 4.11. The van der Waals surface area contributed by atoms with E-state index in [2.05, 4.69) is 15.2 Å². The highest BCUT2D eigenvalue weighted by atomic mass is 32.1. The number of piperidine rings is 1. The van der Waals surface area contributed by atoms with Gasteiger partial charge in [-0.05, 0) is 50.6 Å². The van der Waals surface area contributed by atoms with E-state index in [9.17, 15) is 4.79 Å². The summed E-state index contributed by atoms with van der Waals surface area (Å²) in [7, 11) is 0. The van der Waals surface area contributed by atoms with Gasteiger partial charge in [0.15, 0.2) is 5.13 Å². The maximum Gasteiger partial charge on any atom is 0.251 e. The molecule has 0 radical (unpaired) electrons. The van der Waals surface area contributed by atoms with E-state index >= 15 is 0 Å². The second-order valence-corrected chi connectivity index (χ2v) is 8.04. The van der Waals surface area contributed by atoms with Crippen molar-refractivity contribution in [1.82, 2.24) is 15.2 Å². The van der Waals surface area contributed by atoms with Crippen molar-refractivity contribution in [2.24, 2.45) is 0 Å². The van der Waals surface area contributed by atoms with Crippen LogP contribution in [0.4, 0.5) is 5.13 Å². The van der Waals surface area contributed by atoms with Crippen LogP contribution in [0.15, 0.2) is 12.1 Å². The molecule has 3 heterocycles. The number of nitrogens with zero attached hydrogens (tertiary/aromatic N) is 2. The van der Waals surface area contributed by atoms with Crippen molar-refractivity contribution in [2.75, 3.05) is 32.0 Å². The largest absolute Gasteiger partial charge is 0.378 e. The summed E-state index contributed by atoms with van der Waals surface area (Å²) in [4.78, 5) is 19.6. The fourth-order valence-electron chi connectivity index (χ4n) is 3.89. The highest BCUT2D eigenvalue weighted by molar-refractivity contribution is 7.22. The van der Waals surface area contributed by atoms with Gasteiger partial charge >= 0.3 is 0 Å². The molecule has 1 amide bonds. The van der Waals surface area contributed by atoms with Gasteiger partial charge in [0.2, 0.25) is 0 Å². The van der Waals surface area contributed by atoms with Crippen LogP contribution in [-0.4, -0.2) is 54.2 Å². The molecule has 2 saturated heterocycles. The third-order valence-corrected chi connectivity index (χ3v) is 6.02. The summed E-state index contributed by atoms with van der Waals surface area (Å²) >= 11 is 1.42. The zero-order valence-electron chi connectivity index (χ0n) is 14.5. The van der Waals surface area contributed by atoms with Crippen molar-refractivity contribution in [3.63, 3.8) is 0 Å². The quantitative estimate of drug-likeness (QED) is 0.877. The van der Waals surface area contributed by atoms with Crippen LogP contribution in [0.25, 0.3) is 10.2 Å². The van der Waals surface area contributed by atoms with Crippen LogP contribution in [0.3, 0.4) is 0 Å². The Morgan fingerprint density at radius 1 is 1.32 bits per heavy atom. The van der Waals surface area contributed by atoms with E-state index in [1.165, 1.54) is 30.6 Å². The number of thiazole rings is 1. The lowest BCUT2D eigenvalue weighted by Crippen LogP contribution is -2.52. The normalized spacial score (nSPS) is 24.7. The molecule has 7 heteroatoms. The molecule has 0 unspecified atom stereocenters. The van der Waals surface area contributed by atoms with E-state index in [-0.39, 0.29) is 18.0 Å². The number of likely N-dealkylation sites (tertiary alicyclic amines) is 1. The molecular formula is C18H24N4O2S. The van der Waals surface area contributed by atoms with Crippen LogP contribution in [0, 0.1) is 6.92 Å². The molecular weight excluding hydrogens is 336 g/mol. The average Bonchev–Trinajstić information content (AvgIpc) is 3.21. The first-order valence-corrected chi connectivity index (χ1v) is 9.73. The Labute approximate surface area is 151 Å². The lowest BCUT2D eigenvalue weighted by Gasteiger charge is -2.34. The highest BCUT2D eigenvalue weighted by Gasteiger charge is 2.34. The Kier molecular flexibility index (Phi) is 4.62. The monoisotopic (exact) mass is 360 g/mol. The van der Waals surface area contributed by atoms with E-state index in [0.717, 1.165) is 28.9 Å². The Balaban J connectivity index is 1.51. The molecule has 1 aromatic carbocycles. The molecule has 1 aromatic heterocycles. The van der Waals surface area contributed by atoms with Crippen LogP contribution >= 0.6 is 11.3 Å². The van der Waals surface area contributed by atoms with Crippen molar-refractivity contribution in [3.05, 3.63) is 23.3 Å².